The molecule has 0 saturated heterocycles. The number of rotatable bonds is 6. The second-order valence-electron chi connectivity index (χ2n) is 5.45. The van der Waals surface area contributed by atoms with E-state index >= 15 is 0 Å². The Kier molecular flexibility index (Phi) is 4.64. The molecule has 2 aliphatic carbocycles. The SMILES string of the molecule is CN=C(NCC1(CCOC)CC1)NC1CC=CC1. The van der Waals surface area contributed by atoms with Gasteiger partial charge in [0.05, 0.1) is 0 Å². The maximum Gasteiger partial charge on any atom is 0.191 e. The topological polar surface area (TPSA) is 45.7 Å². The fourth-order valence-corrected chi connectivity index (χ4v) is 2.40. The van der Waals surface area contributed by atoms with Crippen molar-refractivity contribution in [1.29, 1.82) is 0 Å². The predicted octanol–water partition coefficient (Wildman–Crippen LogP) is 1.69. The molecule has 2 N–H and O–H groups in total. The lowest BCUT2D eigenvalue weighted by Gasteiger charge is -2.20. The Labute approximate surface area is 110 Å². The van der Waals surface area contributed by atoms with Crippen LogP contribution in [0.15, 0.2) is 17.1 Å². The van der Waals surface area contributed by atoms with Crippen molar-refractivity contribution in [3.05, 3.63) is 12.2 Å². The second-order valence-corrected chi connectivity index (χ2v) is 5.45. The molecule has 2 rings (SSSR count). The molecular weight excluding hydrogens is 226 g/mol. The van der Waals surface area contributed by atoms with Crippen LogP contribution in [-0.4, -0.2) is 39.3 Å². The summed E-state index contributed by atoms with van der Waals surface area (Å²) >= 11 is 0. The minimum absolute atomic E-state index is 0.460. The van der Waals surface area contributed by atoms with Crippen LogP contribution >= 0.6 is 0 Å². The molecule has 0 aromatic rings. The summed E-state index contributed by atoms with van der Waals surface area (Å²) in [6.07, 6.45) is 10.4. The summed E-state index contributed by atoms with van der Waals surface area (Å²) in [5.74, 6) is 0.937. The fraction of sp³-hybridized carbons (Fsp3) is 0.786. The van der Waals surface area contributed by atoms with E-state index in [1.165, 1.54) is 12.8 Å². The highest BCUT2D eigenvalue weighted by molar-refractivity contribution is 5.80. The van der Waals surface area contributed by atoms with E-state index in [0.29, 0.717) is 11.5 Å². The summed E-state index contributed by atoms with van der Waals surface area (Å²) in [6.45, 7) is 1.87. The number of guanidine groups is 1. The highest BCUT2D eigenvalue weighted by atomic mass is 16.5. The molecule has 1 saturated carbocycles. The Morgan fingerprint density at radius 3 is 2.67 bits per heavy atom. The molecule has 0 unspecified atom stereocenters. The molecule has 102 valence electrons. The van der Waals surface area contributed by atoms with Gasteiger partial charge in [0.1, 0.15) is 0 Å². The molecule has 18 heavy (non-hydrogen) atoms. The quantitative estimate of drug-likeness (QED) is 0.429. The van der Waals surface area contributed by atoms with Crippen molar-refractivity contribution in [2.75, 3.05) is 27.3 Å². The first-order valence-electron chi connectivity index (χ1n) is 6.89. The van der Waals surface area contributed by atoms with Crippen LogP contribution in [-0.2, 0) is 4.74 Å². The first kappa shape index (κ1) is 13.4. The van der Waals surface area contributed by atoms with Crippen molar-refractivity contribution >= 4 is 5.96 Å². The predicted molar refractivity (Wildman–Crippen MR) is 74.8 cm³/mol. The number of aliphatic imine (C=N–C) groups is 1. The molecule has 0 amide bonds. The van der Waals surface area contributed by atoms with Crippen LogP contribution in [0, 0.1) is 5.41 Å². The normalized spacial score (nSPS) is 22.2. The monoisotopic (exact) mass is 251 g/mol. The molecule has 0 aromatic carbocycles. The van der Waals surface area contributed by atoms with Gasteiger partial charge >= 0.3 is 0 Å². The smallest absolute Gasteiger partial charge is 0.191 e. The zero-order valence-corrected chi connectivity index (χ0v) is 11.5. The van der Waals surface area contributed by atoms with Crippen molar-refractivity contribution in [3.8, 4) is 0 Å². The van der Waals surface area contributed by atoms with Crippen LogP contribution in [0.2, 0.25) is 0 Å². The third kappa shape index (κ3) is 3.73. The summed E-state index contributed by atoms with van der Waals surface area (Å²) in [7, 11) is 3.61. The molecule has 0 bridgehead atoms. The number of ether oxygens (including phenoxy) is 1. The van der Waals surface area contributed by atoms with Crippen LogP contribution in [0.4, 0.5) is 0 Å². The van der Waals surface area contributed by atoms with Crippen molar-refractivity contribution in [1.82, 2.24) is 10.6 Å². The van der Waals surface area contributed by atoms with Gasteiger partial charge in [0.25, 0.3) is 0 Å². The Bertz CT molecular complexity index is 313. The van der Waals surface area contributed by atoms with Gasteiger partial charge in [-0.15, -0.1) is 0 Å². The van der Waals surface area contributed by atoms with Gasteiger partial charge in [-0.3, -0.25) is 4.99 Å². The second kappa shape index (κ2) is 6.23. The average molecular weight is 251 g/mol. The standard InChI is InChI=1S/C14H25N3O/c1-15-13(17-12-5-3-4-6-12)16-11-14(7-8-14)9-10-18-2/h3-4,12H,5-11H2,1-2H3,(H2,15,16,17). The van der Waals surface area contributed by atoms with Crippen molar-refractivity contribution < 1.29 is 4.74 Å². The first-order chi connectivity index (χ1) is 8.78. The third-order valence-corrected chi connectivity index (χ3v) is 4.00. The summed E-state index contributed by atoms with van der Waals surface area (Å²) in [4.78, 5) is 4.30. The van der Waals surface area contributed by atoms with E-state index in [-0.39, 0.29) is 0 Å². The van der Waals surface area contributed by atoms with Gasteiger partial charge in [0.2, 0.25) is 0 Å². The van der Waals surface area contributed by atoms with Gasteiger partial charge in [0, 0.05) is 33.4 Å². The van der Waals surface area contributed by atoms with E-state index in [1.54, 1.807) is 7.11 Å². The van der Waals surface area contributed by atoms with E-state index < -0.39 is 0 Å². The molecule has 0 aromatic heterocycles. The van der Waals surface area contributed by atoms with E-state index in [2.05, 4.69) is 27.8 Å². The van der Waals surface area contributed by atoms with Crippen LogP contribution in [0.25, 0.3) is 0 Å². The van der Waals surface area contributed by atoms with E-state index in [1.807, 2.05) is 7.05 Å². The minimum atomic E-state index is 0.460. The third-order valence-electron chi connectivity index (χ3n) is 4.00. The molecule has 0 spiro atoms. The maximum atomic E-state index is 5.18. The number of nitrogens with zero attached hydrogens (tertiary/aromatic N) is 1. The Morgan fingerprint density at radius 2 is 2.11 bits per heavy atom. The van der Waals surface area contributed by atoms with E-state index in [9.17, 15) is 0 Å². The van der Waals surface area contributed by atoms with Gasteiger partial charge < -0.3 is 15.4 Å². The van der Waals surface area contributed by atoms with Crippen molar-refractivity contribution in [2.24, 2.45) is 10.4 Å². The van der Waals surface area contributed by atoms with Crippen LogP contribution in [0.3, 0.4) is 0 Å². The Hall–Kier alpha value is -1.03. The lowest BCUT2D eigenvalue weighted by Crippen LogP contribution is -2.44. The number of nitrogens with one attached hydrogen (secondary N) is 2. The first-order valence-corrected chi connectivity index (χ1v) is 6.89. The molecule has 2 aliphatic rings. The van der Waals surface area contributed by atoms with Crippen LogP contribution in [0.1, 0.15) is 32.1 Å². The van der Waals surface area contributed by atoms with Crippen LogP contribution in [0.5, 0.6) is 0 Å². The molecular formula is C14H25N3O. The number of hydrogen-bond donors (Lipinski definition) is 2. The van der Waals surface area contributed by atoms with Crippen molar-refractivity contribution in [2.45, 2.75) is 38.1 Å². The zero-order chi connectivity index (χ0) is 12.8. The molecule has 4 nitrogen and oxygen atoms in total. The van der Waals surface area contributed by atoms with Gasteiger partial charge in [-0.2, -0.15) is 0 Å². The van der Waals surface area contributed by atoms with E-state index in [4.69, 9.17) is 4.74 Å². The average Bonchev–Trinajstić information content (AvgIpc) is 2.98. The Balaban J connectivity index is 1.70. The maximum absolute atomic E-state index is 5.18. The van der Waals surface area contributed by atoms with Gasteiger partial charge in [-0.05, 0) is 37.5 Å². The summed E-state index contributed by atoms with van der Waals surface area (Å²) in [6, 6.07) is 0.519. The number of hydrogen-bond acceptors (Lipinski definition) is 2. The Morgan fingerprint density at radius 1 is 1.39 bits per heavy atom. The van der Waals surface area contributed by atoms with Gasteiger partial charge in [-0.1, -0.05) is 12.2 Å². The molecule has 0 radical (unpaired) electrons. The number of methoxy groups -OCH3 is 1. The van der Waals surface area contributed by atoms with E-state index in [0.717, 1.165) is 38.4 Å². The molecule has 0 aliphatic heterocycles. The molecule has 4 heteroatoms. The van der Waals surface area contributed by atoms with Crippen molar-refractivity contribution in [3.63, 3.8) is 0 Å². The fourth-order valence-electron chi connectivity index (χ4n) is 2.40. The highest BCUT2D eigenvalue weighted by Crippen LogP contribution is 2.48. The summed E-state index contributed by atoms with van der Waals surface area (Å²) in [5.41, 5.74) is 0.460. The molecule has 0 heterocycles. The van der Waals surface area contributed by atoms with Gasteiger partial charge in [-0.25, -0.2) is 0 Å². The molecule has 1 fully saturated rings. The van der Waals surface area contributed by atoms with Crippen LogP contribution < -0.4 is 10.6 Å². The highest BCUT2D eigenvalue weighted by Gasteiger charge is 2.41. The zero-order valence-electron chi connectivity index (χ0n) is 11.5. The molecule has 0 atom stereocenters. The minimum Gasteiger partial charge on any atom is -0.385 e. The lowest BCUT2D eigenvalue weighted by molar-refractivity contribution is 0.172. The summed E-state index contributed by atoms with van der Waals surface area (Å²) < 4.78 is 5.18. The lowest BCUT2D eigenvalue weighted by atomic mass is 10.0. The largest absolute Gasteiger partial charge is 0.385 e. The van der Waals surface area contributed by atoms with Gasteiger partial charge in [0.15, 0.2) is 5.96 Å². The summed E-state index contributed by atoms with van der Waals surface area (Å²) in [5, 5.41) is 6.93.